The smallest absolute Gasteiger partial charge is 0.260 e. The Morgan fingerprint density at radius 3 is 2.80 bits per heavy atom. The van der Waals surface area contributed by atoms with Gasteiger partial charge in [0.25, 0.3) is 5.91 Å². The van der Waals surface area contributed by atoms with Crippen molar-refractivity contribution in [1.29, 1.82) is 0 Å². The monoisotopic (exact) mass is 411 g/mol. The highest BCUT2D eigenvalue weighted by molar-refractivity contribution is 5.78. The Labute approximate surface area is 179 Å². The number of likely N-dealkylation sites (N-methyl/N-ethyl adjacent to an activating group) is 1. The number of fused-ring (bicyclic) bond motifs is 2. The Morgan fingerprint density at radius 2 is 2.00 bits per heavy atom. The number of hydrogen-bond donors (Lipinski definition) is 0. The summed E-state index contributed by atoms with van der Waals surface area (Å²) >= 11 is 0. The summed E-state index contributed by atoms with van der Waals surface area (Å²) in [4.78, 5) is 17.3. The van der Waals surface area contributed by atoms with Gasteiger partial charge in [0, 0.05) is 38.3 Å². The summed E-state index contributed by atoms with van der Waals surface area (Å²) in [6.07, 6.45) is 5.44. The number of hydrogen-bond acceptors (Lipinski definition) is 5. The molecule has 6 nitrogen and oxygen atoms in total. The molecule has 0 N–H and O–H groups in total. The molecule has 2 aliphatic rings. The van der Waals surface area contributed by atoms with Crippen LogP contribution in [-0.4, -0.2) is 53.6 Å². The highest BCUT2D eigenvalue weighted by Gasteiger charge is 2.34. The van der Waals surface area contributed by atoms with Gasteiger partial charge >= 0.3 is 0 Å². The minimum absolute atomic E-state index is 0.0690. The van der Waals surface area contributed by atoms with Gasteiger partial charge in [0.05, 0.1) is 5.69 Å². The number of carbonyl (C=O) groups is 1. The lowest BCUT2D eigenvalue weighted by Gasteiger charge is -2.43. The van der Waals surface area contributed by atoms with Gasteiger partial charge in [-0.2, -0.15) is 0 Å². The standard InChI is InChI=1S/C24H33N3O3/c1-17-21(18(2)30-25-17)15-27-13-12-22-20(14-27)10-5-4-8-19-9-6-7-11-23(19)29-16-24(28)26(22)3/h6-7,9,11,20,22H,4-5,8,10,12-16H2,1-3H3/t20-,22+/m0/s1. The molecule has 2 aromatic rings. The lowest BCUT2D eigenvalue weighted by Crippen LogP contribution is -2.52. The van der Waals surface area contributed by atoms with Crippen LogP contribution < -0.4 is 4.74 Å². The number of aryl methyl sites for hydroxylation is 3. The maximum Gasteiger partial charge on any atom is 0.260 e. The molecule has 0 bridgehead atoms. The van der Waals surface area contributed by atoms with Crippen molar-refractivity contribution in [2.75, 3.05) is 26.7 Å². The highest BCUT2D eigenvalue weighted by atomic mass is 16.5. The number of benzene rings is 1. The quantitative estimate of drug-likeness (QED) is 0.753. The summed E-state index contributed by atoms with van der Waals surface area (Å²) in [7, 11) is 1.95. The van der Waals surface area contributed by atoms with E-state index in [0.717, 1.165) is 68.9 Å². The van der Waals surface area contributed by atoms with Crippen LogP contribution in [0.5, 0.6) is 5.75 Å². The number of ether oxygens (including phenoxy) is 1. The van der Waals surface area contributed by atoms with Crippen molar-refractivity contribution < 1.29 is 14.1 Å². The molecule has 30 heavy (non-hydrogen) atoms. The van der Waals surface area contributed by atoms with E-state index in [9.17, 15) is 4.79 Å². The van der Waals surface area contributed by atoms with Crippen molar-refractivity contribution in [3.05, 3.63) is 46.8 Å². The largest absolute Gasteiger partial charge is 0.483 e. The van der Waals surface area contributed by atoms with Gasteiger partial charge in [-0.15, -0.1) is 0 Å². The third-order valence-corrected chi connectivity index (χ3v) is 6.83. The highest BCUT2D eigenvalue weighted by Crippen LogP contribution is 2.30. The third kappa shape index (κ3) is 4.53. The number of carbonyl (C=O) groups excluding carboxylic acids is 1. The Morgan fingerprint density at radius 1 is 1.17 bits per heavy atom. The average Bonchev–Trinajstić information content (AvgIpc) is 3.06. The van der Waals surface area contributed by atoms with Crippen LogP contribution in [0.1, 0.15) is 48.3 Å². The molecule has 2 atom stereocenters. The summed E-state index contributed by atoms with van der Waals surface area (Å²) < 4.78 is 11.3. The van der Waals surface area contributed by atoms with Gasteiger partial charge in [0.2, 0.25) is 0 Å². The van der Waals surface area contributed by atoms with Crippen LogP contribution in [0.15, 0.2) is 28.8 Å². The fraction of sp³-hybridized carbons (Fsp3) is 0.583. The Kier molecular flexibility index (Phi) is 6.42. The fourth-order valence-corrected chi connectivity index (χ4v) is 4.98. The van der Waals surface area contributed by atoms with E-state index in [0.29, 0.717) is 5.92 Å². The molecule has 4 rings (SSSR count). The molecule has 1 amide bonds. The van der Waals surface area contributed by atoms with Gasteiger partial charge in [-0.25, -0.2) is 0 Å². The van der Waals surface area contributed by atoms with Gasteiger partial charge in [0.15, 0.2) is 6.61 Å². The fourth-order valence-electron chi connectivity index (χ4n) is 4.98. The topological polar surface area (TPSA) is 58.8 Å². The SMILES string of the molecule is Cc1noc(C)c1CN1CC[C@@H]2[C@@H](CCCCc3ccccc3OCC(=O)N2C)C1. The summed E-state index contributed by atoms with van der Waals surface area (Å²) in [6, 6.07) is 8.39. The molecular formula is C24H33N3O3. The number of nitrogens with zero attached hydrogens (tertiary/aromatic N) is 3. The van der Waals surface area contributed by atoms with Crippen LogP contribution in [0, 0.1) is 19.8 Å². The van der Waals surface area contributed by atoms with E-state index in [2.05, 4.69) is 16.1 Å². The molecule has 6 heteroatoms. The first-order valence-corrected chi connectivity index (χ1v) is 11.1. The van der Waals surface area contributed by atoms with Gasteiger partial charge in [0.1, 0.15) is 11.5 Å². The van der Waals surface area contributed by atoms with E-state index in [1.165, 1.54) is 11.1 Å². The first-order chi connectivity index (χ1) is 14.5. The number of para-hydroxylation sites is 1. The Bertz CT molecular complexity index is 859. The van der Waals surface area contributed by atoms with Crippen LogP contribution in [0.3, 0.4) is 0 Å². The molecule has 0 radical (unpaired) electrons. The van der Waals surface area contributed by atoms with E-state index >= 15 is 0 Å². The zero-order chi connectivity index (χ0) is 21.1. The molecule has 1 aromatic heterocycles. The zero-order valence-corrected chi connectivity index (χ0v) is 18.4. The van der Waals surface area contributed by atoms with Gasteiger partial charge in [-0.3, -0.25) is 9.69 Å². The second kappa shape index (κ2) is 9.21. The molecule has 2 aliphatic heterocycles. The van der Waals surface area contributed by atoms with Crippen LogP contribution in [0.4, 0.5) is 0 Å². The summed E-state index contributed by atoms with van der Waals surface area (Å²) in [5.74, 6) is 2.31. The predicted molar refractivity (Wildman–Crippen MR) is 115 cm³/mol. The van der Waals surface area contributed by atoms with Crippen molar-refractivity contribution in [1.82, 2.24) is 15.0 Å². The number of aromatic nitrogens is 1. The second-order valence-electron chi connectivity index (χ2n) is 8.80. The van der Waals surface area contributed by atoms with Crippen molar-refractivity contribution in [2.45, 2.75) is 58.5 Å². The first kappa shape index (κ1) is 20.9. The van der Waals surface area contributed by atoms with Gasteiger partial charge < -0.3 is 14.2 Å². The molecule has 1 aromatic carbocycles. The Balaban J connectivity index is 1.47. The molecule has 0 saturated carbocycles. The average molecular weight is 412 g/mol. The second-order valence-corrected chi connectivity index (χ2v) is 8.80. The minimum Gasteiger partial charge on any atom is -0.483 e. The lowest BCUT2D eigenvalue weighted by molar-refractivity contribution is -0.136. The van der Waals surface area contributed by atoms with E-state index < -0.39 is 0 Å². The maximum absolute atomic E-state index is 12.9. The molecule has 162 valence electrons. The normalized spacial score (nSPS) is 23.7. The maximum atomic E-state index is 12.9. The molecule has 1 fully saturated rings. The van der Waals surface area contributed by atoms with Crippen molar-refractivity contribution in [3.63, 3.8) is 0 Å². The Hall–Kier alpha value is -2.34. The molecule has 0 unspecified atom stereocenters. The first-order valence-electron chi connectivity index (χ1n) is 11.1. The summed E-state index contributed by atoms with van der Waals surface area (Å²) in [5.41, 5.74) is 3.39. The number of amides is 1. The minimum atomic E-state index is 0.0690. The third-order valence-electron chi connectivity index (χ3n) is 6.83. The molecule has 0 spiro atoms. The van der Waals surface area contributed by atoms with Crippen molar-refractivity contribution >= 4 is 5.91 Å². The van der Waals surface area contributed by atoms with Crippen LogP contribution in [0.2, 0.25) is 0 Å². The summed E-state index contributed by atoms with van der Waals surface area (Å²) in [6.45, 7) is 6.97. The van der Waals surface area contributed by atoms with E-state index in [1.807, 2.05) is 44.0 Å². The molecule has 1 saturated heterocycles. The van der Waals surface area contributed by atoms with Crippen LogP contribution in [-0.2, 0) is 17.8 Å². The number of rotatable bonds is 2. The zero-order valence-electron chi connectivity index (χ0n) is 18.4. The van der Waals surface area contributed by atoms with Crippen LogP contribution >= 0.6 is 0 Å². The molecule has 3 heterocycles. The lowest BCUT2D eigenvalue weighted by atomic mass is 9.86. The predicted octanol–water partition coefficient (Wildman–Crippen LogP) is 3.75. The van der Waals surface area contributed by atoms with Crippen molar-refractivity contribution in [2.24, 2.45) is 5.92 Å². The molecule has 0 aliphatic carbocycles. The van der Waals surface area contributed by atoms with Crippen molar-refractivity contribution in [3.8, 4) is 5.75 Å². The summed E-state index contributed by atoms with van der Waals surface area (Å²) in [5, 5.41) is 4.10. The van der Waals surface area contributed by atoms with Gasteiger partial charge in [-0.05, 0) is 57.1 Å². The molecular weight excluding hydrogens is 378 g/mol. The van der Waals surface area contributed by atoms with Gasteiger partial charge in [-0.1, -0.05) is 29.8 Å². The van der Waals surface area contributed by atoms with E-state index in [1.54, 1.807) is 0 Å². The van der Waals surface area contributed by atoms with E-state index in [4.69, 9.17) is 9.26 Å². The number of piperidine rings is 1. The number of likely N-dealkylation sites (tertiary alicyclic amines) is 1. The van der Waals surface area contributed by atoms with E-state index in [-0.39, 0.29) is 18.6 Å². The van der Waals surface area contributed by atoms with Crippen LogP contribution in [0.25, 0.3) is 0 Å².